The molecule has 0 aliphatic carbocycles. The van der Waals surface area contributed by atoms with Gasteiger partial charge in [-0.25, -0.2) is 4.98 Å². The van der Waals surface area contributed by atoms with E-state index in [4.69, 9.17) is 4.52 Å². The van der Waals surface area contributed by atoms with Gasteiger partial charge in [-0.05, 0) is 49.1 Å². The van der Waals surface area contributed by atoms with Crippen molar-refractivity contribution in [3.8, 4) is 11.4 Å². The number of thiophene rings is 1. The van der Waals surface area contributed by atoms with Gasteiger partial charge in [-0.15, -0.1) is 11.3 Å². The van der Waals surface area contributed by atoms with Crippen LogP contribution in [0.15, 0.2) is 45.0 Å². The van der Waals surface area contributed by atoms with E-state index in [2.05, 4.69) is 15.1 Å². The zero-order chi connectivity index (χ0) is 18.8. The Balaban J connectivity index is 1.70. The topological polar surface area (TPSA) is 73.8 Å². The number of aryl methyl sites for hydroxylation is 2. The third kappa shape index (κ3) is 3.46. The minimum Gasteiger partial charge on any atom is -0.334 e. The maximum Gasteiger partial charge on any atom is 0.272 e. The van der Waals surface area contributed by atoms with Crippen LogP contribution in [0.25, 0.3) is 34.6 Å². The summed E-state index contributed by atoms with van der Waals surface area (Å²) in [5, 5.41) is 6.08. The van der Waals surface area contributed by atoms with Crippen LogP contribution in [0.5, 0.6) is 0 Å². The fourth-order valence-corrected chi connectivity index (χ4v) is 3.54. The van der Waals surface area contributed by atoms with E-state index in [1.54, 1.807) is 28.9 Å². The molecule has 1 aromatic carbocycles. The van der Waals surface area contributed by atoms with Crippen LogP contribution in [0.3, 0.4) is 0 Å². The van der Waals surface area contributed by atoms with Crippen LogP contribution in [0.1, 0.15) is 29.8 Å². The highest BCUT2D eigenvalue weighted by Crippen LogP contribution is 2.22. The normalized spacial score (nSPS) is 11.6. The van der Waals surface area contributed by atoms with Crippen LogP contribution in [0.4, 0.5) is 0 Å². The van der Waals surface area contributed by atoms with Crippen LogP contribution in [0, 0.1) is 6.92 Å². The van der Waals surface area contributed by atoms with Crippen LogP contribution in [-0.4, -0.2) is 19.7 Å². The van der Waals surface area contributed by atoms with Gasteiger partial charge in [0.2, 0.25) is 5.82 Å². The Kier molecular flexibility index (Phi) is 4.68. The molecule has 0 saturated heterocycles. The zero-order valence-electron chi connectivity index (χ0n) is 15.0. The van der Waals surface area contributed by atoms with Gasteiger partial charge in [0, 0.05) is 23.1 Å². The van der Waals surface area contributed by atoms with E-state index in [0.717, 1.165) is 27.9 Å². The number of benzene rings is 1. The first-order valence-electron chi connectivity index (χ1n) is 8.72. The molecule has 0 spiro atoms. The lowest BCUT2D eigenvalue weighted by Crippen LogP contribution is -2.24. The highest BCUT2D eigenvalue weighted by atomic mass is 32.1. The van der Waals surface area contributed by atoms with Gasteiger partial charge in [0.25, 0.3) is 11.4 Å². The Morgan fingerprint density at radius 3 is 2.89 bits per heavy atom. The van der Waals surface area contributed by atoms with Gasteiger partial charge in [-0.1, -0.05) is 18.1 Å². The molecule has 0 radical (unpaired) electrons. The van der Waals surface area contributed by atoms with Crippen molar-refractivity contribution in [2.24, 2.45) is 0 Å². The molecule has 0 aliphatic heterocycles. The van der Waals surface area contributed by atoms with Gasteiger partial charge in [0.15, 0.2) is 0 Å². The van der Waals surface area contributed by atoms with Crippen molar-refractivity contribution in [2.75, 3.05) is 0 Å². The zero-order valence-corrected chi connectivity index (χ0v) is 15.9. The second-order valence-corrected chi connectivity index (χ2v) is 7.14. The molecule has 4 aromatic rings. The Morgan fingerprint density at radius 2 is 2.11 bits per heavy atom. The van der Waals surface area contributed by atoms with Gasteiger partial charge >= 0.3 is 0 Å². The predicted octanol–water partition coefficient (Wildman–Crippen LogP) is 4.40. The molecule has 0 amide bonds. The van der Waals surface area contributed by atoms with Crippen molar-refractivity contribution in [1.82, 2.24) is 19.7 Å². The number of nitrogens with zero attached hydrogens (tertiary/aromatic N) is 4. The SMILES string of the molecule is CCCn1c(=O)c(C)nc2cc(-c3noc(C=Cc4cccs4)n3)ccc21. The lowest BCUT2D eigenvalue weighted by atomic mass is 10.1. The third-order valence-electron chi connectivity index (χ3n) is 4.19. The molecular formula is C20H18N4O2S. The Labute approximate surface area is 159 Å². The van der Waals surface area contributed by atoms with Crippen molar-refractivity contribution in [3.05, 3.63) is 62.5 Å². The number of aromatic nitrogens is 4. The summed E-state index contributed by atoms with van der Waals surface area (Å²) in [5.74, 6) is 0.939. The standard InChI is InChI=1S/C20H18N4O2S/c1-3-10-24-17-8-6-14(12-16(17)21-13(2)20(24)25)19-22-18(26-23-19)9-7-15-5-4-11-27-15/h4-9,11-12H,3,10H2,1-2H3. The number of hydrogen-bond acceptors (Lipinski definition) is 6. The first-order valence-corrected chi connectivity index (χ1v) is 9.60. The lowest BCUT2D eigenvalue weighted by molar-refractivity contribution is 0.411. The minimum atomic E-state index is -0.0438. The molecule has 0 saturated carbocycles. The van der Waals surface area contributed by atoms with Crippen molar-refractivity contribution in [1.29, 1.82) is 0 Å². The predicted molar refractivity (Wildman–Crippen MR) is 108 cm³/mol. The van der Waals surface area contributed by atoms with Crippen LogP contribution in [0.2, 0.25) is 0 Å². The van der Waals surface area contributed by atoms with E-state index in [0.29, 0.717) is 24.0 Å². The molecule has 0 aliphatic rings. The summed E-state index contributed by atoms with van der Waals surface area (Å²) in [5.41, 5.74) is 2.81. The molecule has 136 valence electrons. The molecule has 0 N–H and O–H groups in total. The van der Waals surface area contributed by atoms with E-state index in [1.807, 2.05) is 48.7 Å². The monoisotopic (exact) mass is 378 g/mol. The molecule has 0 atom stereocenters. The molecule has 0 fully saturated rings. The lowest BCUT2D eigenvalue weighted by Gasteiger charge is -2.10. The third-order valence-corrected chi connectivity index (χ3v) is 5.03. The van der Waals surface area contributed by atoms with E-state index in [9.17, 15) is 4.79 Å². The largest absolute Gasteiger partial charge is 0.334 e. The first kappa shape index (κ1) is 17.4. The smallest absolute Gasteiger partial charge is 0.272 e. The summed E-state index contributed by atoms with van der Waals surface area (Å²) in [6, 6.07) is 9.69. The summed E-state index contributed by atoms with van der Waals surface area (Å²) < 4.78 is 7.09. The summed E-state index contributed by atoms with van der Waals surface area (Å²) in [4.78, 5) is 22.4. The molecule has 0 unspecified atom stereocenters. The quantitative estimate of drug-likeness (QED) is 0.515. The first-order chi connectivity index (χ1) is 13.2. The van der Waals surface area contributed by atoms with Crippen molar-refractivity contribution in [3.63, 3.8) is 0 Å². The molecule has 0 bridgehead atoms. The van der Waals surface area contributed by atoms with Gasteiger partial charge in [0.1, 0.15) is 5.69 Å². The maximum absolute atomic E-state index is 12.4. The van der Waals surface area contributed by atoms with Gasteiger partial charge in [0.05, 0.1) is 11.0 Å². The number of hydrogen-bond donors (Lipinski definition) is 0. The van der Waals surface area contributed by atoms with Gasteiger partial charge in [-0.2, -0.15) is 4.98 Å². The molecular weight excluding hydrogens is 360 g/mol. The van der Waals surface area contributed by atoms with Crippen molar-refractivity contribution >= 4 is 34.5 Å². The summed E-state index contributed by atoms with van der Waals surface area (Å²) in [6.07, 6.45) is 4.62. The fraction of sp³-hybridized carbons (Fsp3) is 0.200. The number of rotatable bonds is 5. The Bertz CT molecular complexity index is 1170. The highest BCUT2D eigenvalue weighted by molar-refractivity contribution is 7.10. The van der Waals surface area contributed by atoms with Crippen molar-refractivity contribution in [2.45, 2.75) is 26.8 Å². The molecule has 4 rings (SSSR count). The highest BCUT2D eigenvalue weighted by Gasteiger charge is 2.12. The van der Waals surface area contributed by atoms with E-state index >= 15 is 0 Å². The van der Waals surface area contributed by atoms with Gasteiger partial charge in [-0.3, -0.25) is 4.79 Å². The van der Waals surface area contributed by atoms with E-state index in [-0.39, 0.29) is 5.56 Å². The Hall–Kier alpha value is -3.06. The van der Waals surface area contributed by atoms with Crippen LogP contribution in [-0.2, 0) is 6.54 Å². The Morgan fingerprint density at radius 1 is 1.22 bits per heavy atom. The van der Waals surface area contributed by atoms with Crippen molar-refractivity contribution < 1.29 is 4.52 Å². The molecule has 7 heteroatoms. The summed E-state index contributed by atoms with van der Waals surface area (Å²) >= 11 is 1.64. The number of fused-ring (bicyclic) bond motifs is 1. The fourth-order valence-electron chi connectivity index (χ4n) is 2.92. The second kappa shape index (κ2) is 7.28. The summed E-state index contributed by atoms with van der Waals surface area (Å²) in [7, 11) is 0. The molecule has 27 heavy (non-hydrogen) atoms. The minimum absolute atomic E-state index is 0.0438. The van der Waals surface area contributed by atoms with Gasteiger partial charge < -0.3 is 9.09 Å². The summed E-state index contributed by atoms with van der Waals surface area (Å²) in [6.45, 7) is 4.45. The molecule has 3 aromatic heterocycles. The second-order valence-electron chi connectivity index (χ2n) is 6.16. The van der Waals surface area contributed by atoms with Crippen LogP contribution >= 0.6 is 11.3 Å². The molecule has 6 nitrogen and oxygen atoms in total. The maximum atomic E-state index is 12.4. The van der Waals surface area contributed by atoms with Crippen LogP contribution < -0.4 is 5.56 Å². The average Bonchev–Trinajstić information content (AvgIpc) is 3.35. The van der Waals surface area contributed by atoms with E-state index < -0.39 is 0 Å². The molecule has 3 heterocycles. The van der Waals surface area contributed by atoms with E-state index in [1.165, 1.54) is 0 Å². The average molecular weight is 378 g/mol.